The number of hydrogen-bond acceptors (Lipinski definition) is 5. The van der Waals surface area contributed by atoms with Crippen molar-refractivity contribution in [3.63, 3.8) is 0 Å². The van der Waals surface area contributed by atoms with Crippen molar-refractivity contribution in [1.29, 1.82) is 5.41 Å². The lowest BCUT2D eigenvalue weighted by Crippen LogP contribution is -2.43. The Bertz CT molecular complexity index is 553. The summed E-state index contributed by atoms with van der Waals surface area (Å²) in [6.45, 7) is 2.54. The third kappa shape index (κ3) is 3.01. The van der Waals surface area contributed by atoms with Gasteiger partial charge in [0, 0.05) is 18.0 Å². The van der Waals surface area contributed by atoms with Gasteiger partial charge in [-0.05, 0) is 19.3 Å². The molecular weight excluding hydrogens is 290 g/mol. The van der Waals surface area contributed by atoms with Crippen LogP contribution in [0.2, 0.25) is 0 Å². The van der Waals surface area contributed by atoms with Crippen LogP contribution in [-0.2, 0) is 16.0 Å². The number of anilines is 1. The van der Waals surface area contributed by atoms with Crippen LogP contribution >= 0.6 is 11.3 Å². The van der Waals surface area contributed by atoms with Gasteiger partial charge in [0.15, 0.2) is 11.1 Å². The molecule has 4 N–H and O–H groups in total. The minimum absolute atomic E-state index is 0.128. The zero-order valence-corrected chi connectivity index (χ0v) is 12.5. The van der Waals surface area contributed by atoms with Crippen LogP contribution in [0.1, 0.15) is 29.3 Å². The van der Waals surface area contributed by atoms with E-state index in [0.29, 0.717) is 31.4 Å². The van der Waals surface area contributed by atoms with E-state index in [1.165, 1.54) is 11.3 Å². The summed E-state index contributed by atoms with van der Waals surface area (Å²) in [5.41, 5.74) is 6.21. The Balaban J connectivity index is 1.80. The molecule has 1 aliphatic carbocycles. The second-order valence-electron chi connectivity index (χ2n) is 5.25. The largest absolute Gasteiger partial charge is 0.378 e. The standard InChI is InChI=1S/C13H19N5O2S/c14-12(15)17-13-16-10-8(2-1-3-9(10)21-13)11(19)18-4-6-20-7-5-18/h8H,1-7H2,(H4,14,15,16,17)/t8-/m0/s1. The van der Waals surface area contributed by atoms with Crippen molar-refractivity contribution in [3.8, 4) is 0 Å². The van der Waals surface area contributed by atoms with Gasteiger partial charge in [0.1, 0.15) is 0 Å². The van der Waals surface area contributed by atoms with Gasteiger partial charge in [-0.3, -0.25) is 10.2 Å². The second kappa shape index (κ2) is 5.98. The fourth-order valence-electron chi connectivity index (χ4n) is 2.83. The lowest BCUT2D eigenvalue weighted by Gasteiger charge is -2.31. The fourth-order valence-corrected chi connectivity index (χ4v) is 3.91. The van der Waals surface area contributed by atoms with Crippen molar-refractivity contribution in [1.82, 2.24) is 9.88 Å². The van der Waals surface area contributed by atoms with Gasteiger partial charge in [-0.25, -0.2) is 4.98 Å². The van der Waals surface area contributed by atoms with Crippen molar-refractivity contribution in [2.45, 2.75) is 25.2 Å². The molecule has 3 rings (SSSR count). The molecule has 2 aliphatic rings. The van der Waals surface area contributed by atoms with E-state index in [-0.39, 0.29) is 17.8 Å². The first-order chi connectivity index (χ1) is 10.1. The molecule has 1 aromatic heterocycles. The number of amides is 1. The van der Waals surface area contributed by atoms with E-state index in [2.05, 4.69) is 10.3 Å². The van der Waals surface area contributed by atoms with Gasteiger partial charge in [0.2, 0.25) is 5.91 Å². The van der Waals surface area contributed by atoms with Gasteiger partial charge in [-0.1, -0.05) is 0 Å². The highest BCUT2D eigenvalue weighted by atomic mass is 32.1. The smallest absolute Gasteiger partial charge is 0.231 e. The predicted molar refractivity (Wildman–Crippen MR) is 80.7 cm³/mol. The summed E-state index contributed by atoms with van der Waals surface area (Å²) in [5, 5.41) is 10.6. The monoisotopic (exact) mass is 309 g/mol. The van der Waals surface area contributed by atoms with E-state index in [9.17, 15) is 4.79 Å². The molecular formula is C13H19N5O2S. The zero-order valence-electron chi connectivity index (χ0n) is 11.7. The highest BCUT2D eigenvalue weighted by molar-refractivity contribution is 7.15. The number of ether oxygens (including phenoxy) is 1. The van der Waals surface area contributed by atoms with E-state index in [1.54, 1.807) is 0 Å². The molecule has 0 saturated carbocycles. The molecule has 0 spiro atoms. The molecule has 1 amide bonds. The van der Waals surface area contributed by atoms with E-state index < -0.39 is 0 Å². The third-order valence-corrected chi connectivity index (χ3v) is 4.86. The summed E-state index contributed by atoms with van der Waals surface area (Å²) in [4.78, 5) is 20.2. The first-order valence-corrected chi connectivity index (χ1v) is 7.94. The number of carbonyl (C=O) groups excluding carboxylic acids is 1. The fraction of sp³-hybridized carbons (Fsp3) is 0.615. The number of nitrogens with zero attached hydrogens (tertiary/aromatic N) is 2. The molecule has 1 aliphatic heterocycles. The maximum atomic E-state index is 12.7. The predicted octanol–water partition coefficient (Wildman–Crippen LogP) is 0.727. The van der Waals surface area contributed by atoms with Crippen LogP contribution in [0.25, 0.3) is 0 Å². The summed E-state index contributed by atoms with van der Waals surface area (Å²) in [6, 6.07) is 0. The van der Waals surface area contributed by atoms with Crippen LogP contribution in [0, 0.1) is 5.41 Å². The Morgan fingerprint density at radius 2 is 2.24 bits per heavy atom. The summed E-state index contributed by atoms with van der Waals surface area (Å²) < 4.78 is 5.30. The summed E-state index contributed by atoms with van der Waals surface area (Å²) in [5.74, 6) is -0.137. The van der Waals surface area contributed by atoms with Crippen LogP contribution in [0.4, 0.5) is 5.13 Å². The van der Waals surface area contributed by atoms with Gasteiger partial charge in [-0.2, -0.15) is 0 Å². The Morgan fingerprint density at radius 3 is 2.95 bits per heavy atom. The molecule has 1 aromatic rings. The lowest BCUT2D eigenvalue weighted by molar-refractivity contribution is -0.137. The topological polar surface area (TPSA) is 104 Å². The molecule has 7 nitrogen and oxygen atoms in total. The molecule has 1 atom stereocenters. The number of guanidine groups is 1. The van der Waals surface area contributed by atoms with Crippen molar-refractivity contribution < 1.29 is 9.53 Å². The second-order valence-corrected chi connectivity index (χ2v) is 6.33. The van der Waals surface area contributed by atoms with Crippen LogP contribution in [0.3, 0.4) is 0 Å². The molecule has 2 heterocycles. The molecule has 21 heavy (non-hydrogen) atoms. The number of nitrogens with one attached hydrogen (secondary N) is 2. The number of aromatic nitrogens is 1. The Kier molecular flexibility index (Phi) is 4.07. The molecule has 0 unspecified atom stereocenters. The highest BCUT2D eigenvalue weighted by Gasteiger charge is 2.33. The third-order valence-electron chi connectivity index (χ3n) is 3.82. The first kappa shape index (κ1) is 14.3. The minimum Gasteiger partial charge on any atom is -0.378 e. The zero-order chi connectivity index (χ0) is 14.8. The Labute approximate surface area is 127 Å². The van der Waals surface area contributed by atoms with Gasteiger partial charge in [-0.15, -0.1) is 11.3 Å². The van der Waals surface area contributed by atoms with E-state index >= 15 is 0 Å². The molecule has 114 valence electrons. The molecule has 0 bridgehead atoms. The normalized spacial score (nSPS) is 21.7. The number of fused-ring (bicyclic) bond motifs is 1. The van der Waals surface area contributed by atoms with Gasteiger partial charge in [0.05, 0.1) is 24.8 Å². The van der Waals surface area contributed by atoms with Gasteiger partial charge in [0.25, 0.3) is 0 Å². The van der Waals surface area contributed by atoms with Crippen LogP contribution < -0.4 is 11.1 Å². The molecule has 0 aromatic carbocycles. The summed E-state index contributed by atoms with van der Waals surface area (Å²) in [7, 11) is 0. The lowest BCUT2D eigenvalue weighted by atomic mass is 9.90. The summed E-state index contributed by atoms with van der Waals surface area (Å²) in [6.07, 6.45) is 2.78. The van der Waals surface area contributed by atoms with Crippen molar-refractivity contribution in [2.75, 3.05) is 31.6 Å². The number of morpholine rings is 1. The number of carbonyl (C=O) groups is 1. The van der Waals surface area contributed by atoms with Crippen molar-refractivity contribution in [3.05, 3.63) is 10.6 Å². The van der Waals surface area contributed by atoms with Crippen LogP contribution in [-0.4, -0.2) is 48.1 Å². The molecule has 1 fully saturated rings. The average molecular weight is 309 g/mol. The summed E-state index contributed by atoms with van der Waals surface area (Å²) >= 11 is 1.49. The maximum Gasteiger partial charge on any atom is 0.231 e. The average Bonchev–Trinajstić information content (AvgIpc) is 2.88. The van der Waals surface area contributed by atoms with Crippen molar-refractivity contribution in [2.24, 2.45) is 5.73 Å². The number of hydrogen-bond donors (Lipinski definition) is 3. The van der Waals surface area contributed by atoms with Crippen molar-refractivity contribution >= 4 is 28.3 Å². The molecule has 1 saturated heterocycles. The molecule has 8 heteroatoms. The first-order valence-electron chi connectivity index (χ1n) is 7.12. The number of thiazole rings is 1. The number of aryl methyl sites for hydroxylation is 1. The van der Waals surface area contributed by atoms with Crippen LogP contribution in [0.5, 0.6) is 0 Å². The van der Waals surface area contributed by atoms with Crippen LogP contribution in [0.15, 0.2) is 0 Å². The van der Waals surface area contributed by atoms with E-state index in [4.69, 9.17) is 15.9 Å². The maximum absolute atomic E-state index is 12.7. The van der Waals surface area contributed by atoms with E-state index in [0.717, 1.165) is 29.8 Å². The SMILES string of the molecule is N=C(N)Nc1nc2c(s1)CCC[C@@H]2C(=O)N1CCOCC1. The number of rotatable bonds is 2. The van der Waals surface area contributed by atoms with E-state index in [1.807, 2.05) is 4.90 Å². The number of nitrogens with two attached hydrogens (primary N) is 1. The Hall–Kier alpha value is -1.67. The van der Waals surface area contributed by atoms with Gasteiger partial charge < -0.3 is 20.7 Å². The Morgan fingerprint density at radius 1 is 1.48 bits per heavy atom. The quantitative estimate of drug-likeness (QED) is 0.552. The van der Waals surface area contributed by atoms with Gasteiger partial charge >= 0.3 is 0 Å². The minimum atomic E-state index is -0.161. The molecule has 0 radical (unpaired) electrons. The highest BCUT2D eigenvalue weighted by Crippen LogP contribution is 2.37.